The van der Waals surface area contributed by atoms with Crippen LogP contribution in [0.5, 0.6) is 5.75 Å². The van der Waals surface area contributed by atoms with Gasteiger partial charge >= 0.3 is 0 Å². The van der Waals surface area contributed by atoms with Gasteiger partial charge in [0.25, 0.3) is 0 Å². The highest BCUT2D eigenvalue weighted by Crippen LogP contribution is 2.27. The number of rotatable bonds is 7. The van der Waals surface area contributed by atoms with Crippen LogP contribution in [0.1, 0.15) is 17.5 Å². The Morgan fingerprint density at radius 2 is 1.78 bits per heavy atom. The molecule has 4 rings (SSSR count). The molecular formula is C25H32N4O3. The summed E-state index contributed by atoms with van der Waals surface area (Å²) >= 11 is 0. The zero-order valence-electron chi connectivity index (χ0n) is 18.9. The summed E-state index contributed by atoms with van der Waals surface area (Å²) in [4.78, 5) is 31.7. The van der Waals surface area contributed by atoms with Crippen LogP contribution >= 0.6 is 0 Å². The molecule has 0 spiro atoms. The van der Waals surface area contributed by atoms with Gasteiger partial charge in [-0.25, -0.2) is 0 Å². The highest BCUT2D eigenvalue weighted by Gasteiger charge is 2.35. The number of hydrogen-bond donors (Lipinski definition) is 1. The van der Waals surface area contributed by atoms with Gasteiger partial charge < -0.3 is 19.9 Å². The lowest BCUT2D eigenvalue weighted by molar-refractivity contribution is -0.126. The molecule has 1 atom stereocenters. The number of piperazine rings is 1. The topological polar surface area (TPSA) is 65.1 Å². The summed E-state index contributed by atoms with van der Waals surface area (Å²) < 4.78 is 5.17. The van der Waals surface area contributed by atoms with E-state index in [9.17, 15) is 9.59 Å². The first-order valence-corrected chi connectivity index (χ1v) is 11.2. The van der Waals surface area contributed by atoms with Gasteiger partial charge in [0.05, 0.1) is 13.0 Å². The lowest BCUT2D eigenvalue weighted by atomic mass is 10.1. The predicted octanol–water partition coefficient (Wildman–Crippen LogP) is 2.11. The number of likely N-dealkylation sites (N-methyl/N-ethyl adjacent to an activating group) is 1. The van der Waals surface area contributed by atoms with Crippen molar-refractivity contribution in [1.29, 1.82) is 0 Å². The highest BCUT2D eigenvalue weighted by molar-refractivity contribution is 6.00. The van der Waals surface area contributed by atoms with Gasteiger partial charge in [0.1, 0.15) is 5.75 Å². The number of amides is 2. The molecule has 2 amide bonds. The van der Waals surface area contributed by atoms with E-state index in [1.165, 1.54) is 5.56 Å². The van der Waals surface area contributed by atoms with Crippen LogP contribution in [0.2, 0.25) is 0 Å². The highest BCUT2D eigenvalue weighted by atomic mass is 16.5. The molecule has 170 valence electrons. The number of ether oxygens (including phenoxy) is 1. The van der Waals surface area contributed by atoms with Crippen molar-refractivity contribution in [3.8, 4) is 5.75 Å². The van der Waals surface area contributed by atoms with Crippen molar-refractivity contribution >= 4 is 17.5 Å². The number of carbonyl (C=O) groups excluding carboxylic acids is 2. The lowest BCUT2D eigenvalue weighted by Gasteiger charge is -2.32. The number of carbonyl (C=O) groups is 2. The molecule has 0 saturated carbocycles. The van der Waals surface area contributed by atoms with Crippen LogP contribution in [-0.4, -0.2) is 68.5 Å². The van der Waals surface area contributed by atoms with E-state index in [0.717, 1.165) is 49.7 Å². The van der Waals surface area contributed by atoms with Crippen molar-refractivity contribution in [2.45, 2.75) is 19.5 Å². The maximum absolute atomic E-state index is 12.8. The van der Waals surface area contributed by atoms with E-state index < -0.39 is 0 Å². The molecule has 1 N–H and O–H groups in total. The number of nitrogens with zero attached hydrogens (tertiary/aromatic N) is 3. The average molecular weight is 437 g/mol. The lowest BCUT2D eigenvalue weighted by Crippen LogP contribution is -2.43. The number of anilines is 1. The molecule has 0 bridgehead atoms. The Balaban J connectivity index is 1.29. The van der Waals surface area contributed by atoms with Crippen LogP contribution in [0.4, 0.5) is 5.69 Å². The first-order chi connectivity index (χ1) is 15.5. The Kier molecular flexibility index (Phi) is 7.07. The van der Waals surface area contributed by atoms with E-state index in [1.54, 1.807) is 12.0 Å². The summed E-state index contributed by atoms with van der Waals surface area (Å²) in [5, 5.41) is 3.03. The van der Waals surface area contributed by atoms with Crippen molar-refractivity contribution < 1.29 is 14.3 Å². The Morgan fingerprint density at radius 3 is 2.50 bits per heavy atom. The second kappa shape index (κ2) is 10.1. The van der Waals surface area contributed by atoms with Crippen LogP contribution in [-0.2, 0) is 22.7 Å². The maximum Gasteiger partial charge on any atom is 0.227 e. The molecule has 32 heavy (non-hydrogen) atoms. The van der Waals surface area contributed by atoms with Crippen LogP contribution < -0.4 is 15.0 Å². The molecule has 2 saturated heterocycles. The van der Waals surface area contributed by atoms with Crippen LogP contribution in [0.15, 0.2) is 48.5 Å². The third-order valence-electron chi connectivity index (χ3n) is 6.34. The van der Waals surface area contributed by atoms with E-state index in [1.807, 2.05) is 30.3 Å². The van der Waals surface area contributed by atoms with Gasteiger partial charge in [-0.05, 0) is 42.4 Å². The fourth-order valence-electron chi connectivity index (χ4n) is 4.33. The summed E-state index contributed by atoms with van der Waals surface area (Å²) in [5.41, 5.74) is 3.15. The standard InChI is InChI=1S/C25H32N4O3/c1-27-10-12-28(13-11-27)17-20-5-3-4-19(14-20)16-26-25(31)21-15-24(30)29(18-21)22-6-8-23(32-2)9-7-22/h3-9,14,21H,10-13,15-18H2,1-2H3,(H,26,31). The van der Waals surface area contributed by atoms with Gasteiger partial charge in [-0.3, -0.25) is 14.5 Å². The van der Waals surface area contributed by atoms with E-state index in [0.29, 0.717) is 13.1 Å². The molecule has 0 aromatic heterocycles. The van der Waals surface area contributed by atoms with Gasteiger partial charge in [-0.15, -0.1) is 0 Å². The number of nitrogens with one attached hydrogen (secondary N) is 1. The van der Waals surface area contributed by atoms with E-state index >= 15 is 0 Å². The second-order valence-electron chi connectivity index (χ2n) is 8.72. The Bertz CT molecular complexity index is 938. The molecule has 2 aromatic rings. The molecule has 2 heterocycles. The third kappa shape index (κ3) is 5.47. The number of hydrogen-bond acceptors (Lipinski definition) is 5. The first-order valence-electron chi connectivity index (χ1n) is 11.2. The van der Waals surface area contributed by atoms with Gasteiger partial charge in [-0.1, -0.05) is 24.3 Å². The third-order valence-corrected chi connectivity index (χ3v) is 6.34. The van der Waals surface area contributed by atoms with Crippen LogP contribution in [0.3, 0.4) is 0 Å². The number of methoxy groups -OCH3 is 1. The quantitative estimate of drug-likeness (QED) is 0.720. The fourth-order valence-corrected chi connectivity index (χ4v) is 4.33. The summed E-state index contributed by atoms with van der Waals surface area (Å²) in [6.45, 7) is 6.18. The molecule has 1 unspecified atom stereocenters. The van der Waals surface area contributed by atoms with Crippen molar-refractivity contribution in [1.82, 2.24) is 15.1 Å². The molecule has 0 radical (unpaired) electrons. The Morgan fingerprint density at radius 1 is 1.06 bits per heavy atom. The minimum absolute atomic E-state index is 0.0236. The van der Waals surface area contributed by atoms with E-state index in [-0.39, 0.29) is 24.2 Å². The van der Waals surface area contributed by atoms with Gasteiger partial charge in [0, 0.05) is 57.9 Å². The molecule has 2 aromatic carbocycles. The van der Waals surface area contributed by atoms with Crippen molar-refractivity contribution in [3.63, 3.8) is 0 Å². The molecule has 7 heteroatoms. The van der Waals surface area contributed by atoms with Crippen LogP contribution in [0.25, 0.3) is 0 Å². The van der Waals surface area contributed by atoms with Crippen LogP contribution in [0, 0.1) is 5.92 Å². The molecule has 2 aliphatic heterocycles. The largest absolute Gasteiger partial charge is 0.497 e. The van der Waals surface area contributed by atoms with Crippen molar-refractivity contribution in [3.05, 3.63) is 59.7 Å². The molecule has 0 aliphatic carbocycles. The van der Waals surface area contributed by atoms with E-state index in [4.69, 9.17) is 4.74 Å². The summed E-state index contributed by atoms with van der Waals surface area (Å²) in [5.74, 6) is 0.311. The van der Waals surface area contributed by atoms with Gasteiger partial charge in [0.2, 0.25) is 11.8 Å². The summed E-state index contributed by atoms with van der Waals surface area (Å²) in [6.07, 6.45) is 0.237. The summed E-state index contributed by atoms with van der Waals surface area (Å²) in [6, 6.07) is 15.8. The average Bonchev–Trinajstić information content (AvgIpc) is 3.21. The molecule has 2 aliphatic rings. The zero-order valence-corrected chi connectivity index (χ0v) is 18.9. The summed E-state index contributed by atoms with van der Waals surface area (Å²) in [7, 11) is 3.77. The molecule has 2 fully saturated rings. The minimum Gasteiger partial charge on any atom is -0.497 e. The maximum atomic E-state index is 12.8. The van der Waals surface area contributed by atoms with Crippen molar-refractivity contribution in [2.75, 3.05) is 51.8 Å². The SMILES string of the molecule is COc1ccc(N2CC(C(=O)NCc3cccc(CN4CCN(C)CC4)c3)CC2=O)cc1. The van der Waals surface area contributed by atoms with Gasteiger partial charge in [-0.2, -0.15) is 0 Å². The second-order valence-corrected chi connectivity index (χ2v) is 8.72. The number of benzene rings is 2. The smallest absolute Gasteiger partial charge is 0.227 e. The predicted molar refractivity (Wildman–Crippen MR) is 125 cm³/mol. The molecular weight excluding hydrogens is 404 g/mol. The fraction of sp³-hybridized carbons (Fsp3) is 0.440. The first kappa shape index (κ1) is 22.3. The zero-order chi connectivity index (χ0) is 22.5. The van der Waals surface area contributed by atoms with Crippen molar-refractivity contribution in [2.24, 2.45) is 5.92 Å². The molecule has 7 nitrogen and oxygen atoms in total. The minimum atomic E-state index is -0.335. The Labute approximate surface area is 189 Å². The monoisotopic (exact) mass is 436 g/mol. The van der Waals surface area contributed by atoms with E-state index in [2.05, 4.69) is 40.4 Å². The Hall–Kier alpha value is -2.90. The normalized spacial score (nSPS) is 19.9. The van der Waals surface area contributed by atoms with Gasteiger partial charge in [0.15, 0.2) is 0 Å².